The van der Waals surface area contributed by atoms with Gasteiger partial charge in [-0.3, -0.25) is 19.2 Å². The van der Waals surface area contributed by atoms with Crippen LogP contribution in [0.25, 0.3) is 10.4 Å². The van der Waals surface area contributed by atoms with Gasteiger partial charge in [0.25, 0.3) is 5.91 Å². The van der Waals surface area contributed by atoms with Gasteiger partial charge in [0.1, 0.15) is 36.6 Å². The maximum absolute atomic E-state index is 14.1. The third kappa shape index (κ3) is 11.8. The number of thiazole rings is 1. The molecule has 4 aromatic rings. The van der Waals surface area contributed by atoms with Gasteiger partial charge in [-0.1, -0.05) is 109 Å². The third-order valence-electron chi connectivity index (χ3n) is 14.7. The van der Waals surface area contributed by atoms with E-state index in [1.807, 2.05) is 88.7 Å². The molecule has 3 aromatic carbocycles. The smallest absolute Gasteiger partial charge is 0.251 e. The predicted octanol–water partition coefficient (Wildman–Crippen LogP) is 8.47. The molecule has 1 saturated carbocycles. The van der Waals surface area contributed by atoms with Crippen molar-refractivity contribution >= 4 is 46.6 Å². The van der Waals surface area contributed by atoms with Crippen molar-refractivity contribution in [2.75, 3.05) is 33.0 Å². The van der Waals surface area contributed by atoms with Gasteiger partial charge >= 0.3 is 0 Å². The fraction of sp³-hybridized carbons (Fsp3) is 0.527. The highest BCUT2D eigenvalue weighted by atomic mass is 35.5. The number of nitrogens with one attached hydrogen (secondary N) is 3. The molecule has 4 amide bonds. The second-order valence-corrected chi connectivity index (χ2v) is 23.2. The lowest BCUT2D eigenvalue weighted by atomic mass is 9.49. The highest BCUT2D eigenvalue weighted by molar-refractivity contribution is 7.13. The third-order valence-corrected chi connectivity index (χ3v) is 16.0. The van der Waals surface area contributed by atoms with Gasteiger partial charge in [-0.15, -0.1) is 11.3 Å². The summed E-state index contributed by atoms with van der Waals surface area (Å²) in [5, 5.41) is 29.4. The Bertz CT molecular complexity index is 2580. The number of benzene rings is 3. The minimum atomic E-state index is -0.957. The number of amides is 4. The molecule has 0 bridgehead atoms. The van der Waals surface area contributed by atoms with E-state index in [9.17, 15) is 29.5 Å². The number of aryl methyl sites for hydroxylation is 1. The van der Waals surface area contributed by atoms with Gasteiger partial charge in [-0.25, -0.2) is 4.98 Å². The first kappa shape index (κ1) is 53.4. The molecule has 71 heavy (non-hydrogen) atoms. The van der Waals surface area contributed by atoms with Crippen molar-refractivity contribution in [3.8, 4) is 22.3 Å². The molecule has 7 rings (SSSR count). The minimum Gasteiger partial charge on any atom is -0.489 e. The molecule has 2 saturated heterocycles. The summed E-state index contributed by atoms with van der Waals surface area (Å²) in [7, 11) is 0. The molecule has 16 heteroatoms. The minimum absolute atomic E-state index is 0.0149. The molecule has 0 radical (unpaired) electrons. The van der Waals surface area contributed by atoms with Crippen LogP contribution in [0.2, 0.25) is 5.02 Å². The molecule has 4 N–H and O–H groups in total. The Morgan fingerprint density at radius 2 is 1.68 bits per heavy atom. The Balaban J connectivity index is 0.837. The number of halogens is 1. The van der Waals surface area contributed by atoms with Gasteiger partial charge in [0.2, 0.25) is 17.7 Å². The lowest BCUT2D eigenvalue weighted by molar-refractivity contribution is -0.164. The van der Waals surface area contributed by atoms with Crippen LogP contribution in [0.15, 0.2) is 72.2 Å². The molecular formula is C55H69ClN6O8S. The van der Waals surface area contributed by atoms with Crippen LogP contribution in [0.4, 0.5) is 0 Å². The summed E-state index contributed by atoms with van der Waals surface area (Å²) in [5.74, 6) is -0.800. The van der Waals surface area contributed by atoms with Crippen LogP contribution >= 0.6 is 22.9 Å². The van der Waals surface area contributed by atoms with Gasteiger partial charge in [-0.05, 0) is 73.1 Å². The monoisotopic (exact) mass is 1010 g/mol. The molecule has 3 heterocycles. The highest BCUT2D eigenvalue weighted by Crippen LogP contribution is 2.55. The first-order chi connectivity index (χ1) is 33.5. The zero-order valence-corrected chi connectivity index (χ0v) is 44.0. The molecule has 1 aromatic heterocycles. The molecule has 4 atom stereocenters. The van der Waals surface area contributed by atoms with E-state index in [0.29, 0.717) is 41.7 Å². The number of aliphatic hydroxyl groups is 1. The Labute approximate surface area is 427 Å². The van der Waals surface area contributed by atoms with Gasteiger partial charge < -0.3 is 40.2 Å². The van der Waals surface area contributed by atoms with Gasteiger partial charge in [-0.2, -0.15) is 5.26 Å². The number of likely N-dealkylation sites (tertiary alicyclic amines) is 1. The van der Waals surface area contributed by atoms with Crippen LogP contribution in [-0.4, -0.2) is 102 Å². The van der Waals surface area contributed by atoms with Gasteiger partial charge in [0.05, 0.1) is 52.0 Å². The second kappa shape index (κ2) is 21.8. The van der Waals surface area contributed by atoms with Crippen LogP contribution in [-0.2, 0) is 29.3 Å². The van der Waals surface area contributed by atoms with E-state index in [2.05, 4.69) is 54.7 Å². The number of aliphatic hydroxyl groups excluding tert-OH is 1. The number of nitriles is 1. The Hall–Kier alpha value is -5.37. The first-order valence-electron chi connectivity index (χ1n) is 24.6. The number of aromatic nitrogens is 1. The summed E-state index contributed by atoms with van der Waals surface area (Å²) in [5.41, 5.74) is 5.21. The van der Waals surface area contributed by atoms with Crippen molar-refractivity contribution in [1.82, 2.24) is 25.8 Å². The SMILES string of the molecule is Cc1ncsc1-c1ccc(C(C)NC(=O)[C@@H]2C[C@@H](O)CN2C(=O)[C@@H](NC(=O)COCCCCCC2(c3ccc(C(=O)N[C@H]4C(C)(C)[C@H](Oc5ccc(C#N)c(Cl)c5)C4(C)C)cc3)COC2)C(C)(C)C)cc1. The largest absolute Gasteiger partial charge is 0.489 e. The number of unbranched alkanes of at least 4 members (excludes halogenated alkanes) is 2. The number of hydrogen-bond donors (Lipinski definition) is 4. The maximum Gasteiger partial charge on any atom is 0.251 e. The van der Waals surface area contributed by atoms with Crippen molar-refractivity contribution < 1.29 is 38.5 Å². The van der Waals surface area contributed by atoms with Crippen LogP contribution in [0.5, 0.6) is 5.75 Å². The highest BCUT2D eigenvalue weighted by Gasteiger charge is 2.64. The number of hydrogen-bond acceptors (Lipinski definition) is 11. The van der Waals surface area contributed by atoms with Crippen LogP contribution in [0.1, 0.15) is 126 Å². The van der Waals surface area contributed by atoms with E-state index >= 15 is 0 Å². The molecule has 3 aliphatic rings. The zero-order valence-electron chi connectivity index (χ0n) is 42.4. The van der Waals surface area contributed by atoms with Crippen molar-refractivity contribution in [3.63, 3.8) is 0 Å². The normalized spacial score (nSPS) is 21.7. The average molecular weight is 1010 g/mol. The standard InChI is InChI=1S/C55H69ClN6O8S/c1-33(35-13-15-36(16-14-35)45-34(2)58-32-71-45)59-48(66)43-25-40(63)28-62(43)49(67)46(52(3,4)5)60-44(64)29-68-24-12-10-11-23-55(30-69-31-55)39-20-17-37(18-21-39)47(65)61-50-53(6,7)51(54(50,8)9)70-41-22-19-38(27-57)42(56)26-41/h13-22,26,32-33,40,43,46,50-51,63H,10-12,23-25,28-31H2,1-9H3,(H,59,66)(H,60,64)(H,61,65)/t33?,40-,43+,46-,50-,51-/m1/s1. The van der Waals surface area contributed by atoms with Crippen molar-refractivity contribution in [1.29, 1.82) is 5.26 Å². The lowest BCUT2D eigenvalue weighted by Gasteiger charge is -2.63. The van der Waals surface area contributed by atoms with Crippen molar-refractivity contribution in [2.24, 2.45) is 16.2 Å². The number of nitrogens with zero attached hydrogens (tertiary/aromatic N) is 3. The summed E-state index contributed by atoms with van der Waals surface area (Å²) in [6, 6.07) is 20.5. The molecule has 0 spiro atoms. The number of carbonyl (C=O) groups excluding carboxylic acids is 4. The van der Waals surface area contributed by atoms with E-state index in [0.717, 1.165) is 52.9 Å². The van der Waals surface area contributed by atoms with E-state index in [1.54, 1.807) is 29.5 Å². The van der Waals surface area contributed by atoms with Crippen molar-refractivity contribution in [2.45, 2.75) is 136 Å². The number of β-amino-alcohol motifs (C(OH)–C–C–N with tert-alkyl or cyclic N) is 1. The summed E-state index contributed by atoms with van der Waals surface area (Å²) < 4.78 is 17.9. The lowest BCUT2D eigenvalue weighted by Crippen LogP contribution is -2.74. The molecule has 1 unspecified atom stereocenters. The van der Waals surface area contributed by atoms with Crippen molar-refractivity contribution in [3.05, 3.63) is 105 Å². The van der Waals surface area contributed by atoms with E-state index in [-0.39, 0.29) is 65.8 Å². The Morgan fingerprint density at radius 3 is 2.27 bits per heavy atom. The maximum atomic E-state index is 14.1. The van der Waals surface area contributed by atoms with E-state index in [1.165, 1.54) is 4.90 Å². The summed E-state index contributed by atoms with van der Waals surface area (Å²) >= 11 is 7.84. The number of carbonyl (C=O) groups is 4. The van der Waals surface area contributed by atoms with Gasteiger partial charge in [0, 0.05) is 53.5 Å². The fourth-order valence-corrected chi connectivity index (χ4v) is 11.8. The summed E-state index contributed by atoms with van der Waals surface area (Å²) in [4.78, 5) is 61.5. The Morgan fingerprint density at radius 1 is 0.986 bits per heavy atom. The van der Waals surface area contributed by atoms with Gasteiger partial charge in [0.15, 0.2) is 0 Å². The predicted molar refractivity (Wildman–Crippen MR) is 274 cm³/mol. The van der Waals surface area contributed by atoms with Crippen LogP contribution < -0.4 is 20.7 Å². The fourth-order valence-electron chi connectivity index (χ4n) is 10.8. The van der Waals surface area contributed by atoms with E-state index < -0.39 is 35.4 Å². The molecular weight excluding hydrogens is 940 g/mol. The molecule has 2 aliphatic heterocycles. The zero-order chi connectivity index (χ0) is 51.5. The number of ether oxygens (including phenoxy) is 3. The molecule has 3 fully saturated rings. The molecule has 380 valence electrons. The quantitative estimate of drug-likeness (QED) is 0.0663. The average Bonchev–Trinajstić information content (AvgIpc) is 3.93. The topological polar surface area (TPSA) is 192 Å². The molecule has 14 nitrogen and oxygen atoms in total. The second-order valence-electron chi connectivity index (χ2n) is 21.9. The Kier molecular flexibility index (Phi) is 16.4. The first-order valence-corrected chi connectivity index (χ1v) is 25.8. The molecule has 1 aliphatic carbocycles. The van der Waals surface area contributed by atoms with Crippen LogP contribution in [0.3, 0.4) is 0 Å². The summed E-state index contributed by atoms with van der Waals surface area (Å²) in [6.07, 6.45) is 2.44. The van der Waals surface area contributed by atoms with Crippen LogP contribution in [0, 0.1) is 34.5 Å². The van der Waals surface area contributed by atoms with E-state index in [4.69, 9.17) is 25.8 Å². The summed E-state index contributed by atoms with van der Waals surface area (Å²) in [6.45, 7) is 19.1. The number of rotatable bonds is 19.